The molecule has 7 nitrogen and oxygen atoms in total. The second-order valence-corrected chi connectivity index (χ2v) is 9.50. The van der Waals surface area contributed by atoms with Gasteiger partial charge in [0.05, 0.1) is 38.6 Å². The summed E-state index contributed by atoms with van der Waals surface area (Å²) in [6.45, 7) is 5.94. The van der Waals surface area contributed by atoms with Gasteiger partial charge in [0.2, 0.25) is 5.91 Å². The number of ether oxygens (including phenoxy) is 4. The topological polar surface area (TPSA) is 70.1 Å². The van der Waals surface area contributed by atoms with Crippen LogP contribution >= 0.6 is 0 Å². The van der Waals surface area contributed by atoms with Gasteiger partial charge in [0.15, 0.2) is 11.5 Å². The van der Waals surface area contributed by atoms with Gasteiger partial charge in [-0.05, 0) is 55.5 Å². The summed E-state index contributed by atoms with van der Waals surface area (Å²) in [5.74, 6) is 2.17. The van der Waals surface area contributed by atoms with E-state index in [4.69, 9.17) is 23.9 Å². The van der Waals surface area contributed by atoms with Crippen LogP contribution in [0.5, 0.6) is 17.2 Å². The molecule has 1 aliphatic rings. The van der Waals surface area contributed by atoms with Crippen molar-refractivity contribution in [2.45, 2.75) is 52.2 Å². The first kappa shape index (κ1) is 26.7. The third-order valence-electron chi connectivity index (χ3n) is 7.20. The molecule has 7 heteroatoms. The number of benzene rings is 2. The lowest BCUT2D eigenvalue weighted by atomic mass is 9.99. The lowest BCUT2D eigenvalue weighted by Gasteiger charge is -2.29. The summed E-state index contributed by atoms with van der Waals surface area (Å²) >= 11 is 0. The van der Waals surface area contributed by atoms with Crippen LogP contribution in [-0.4, -0.2) is 56.4 Å². The van der Waals surface area contributed by atoms with Crippen molar-refractivity contribution in [1.82, 2.24) is 9.88 Å². The van der Waals surface area contributed by atoms with Crippen molar-refractivity contribution < 1.29 is 23.7 Å². The highest BCUT2D eigenvalue weighted by Gasteiger charge is 2.28. The molecule has 1 fully saturated rings. The van der Waals surface area contributed by atoms with Crippen molar-refractivity contribution >= 4 is 16.8 Å². The molecule has 1 saturated heterocycles. The molecule has 0 saturated carbocycles. The van der Waals surface area contributed by atoms with Crippen LogP contribution in [0.25, 0.3) is 22.2 Å². The number of rotatable bonds is 11. The molecule has 3 aromatic rings. The minimum Gasteiger partial charge on any atom is -0.497 e. The summed E-state index contributed by atoms with van der Waals surface area (Å²) in [4.78, 5) is 20.7. The Kier molecular flexibility index (Phi) is 8.87. The first-order valence-electron chi connectivity index (χ1n) is 13.1. The van der Waals surface area contributed by atoms with Gasteiger partial charge >= 0.3 is 0 Å². The maximum absolute atomic E-state index is 13.7. The van der Waals surface area contributed by atoms with Gasteiger partial charge in [0, 0.05) is 42.6 Å². The van der Waals surface area contributed by atoms with E-state index >= 15 is 0 Å². The summed E-state index contributed by atoms with van der Waals surface area (Å²) in [5, 5.41) is 0.923. The highest BCUT2D eigenvalue weighted by molar-refractivity contribution is 5.87. The van der Waals surface area contributed by atoms with Crippen LogP contribution in [0.4, 0.5) is 0 Å². The molecule has 2 aromatic carbocycles. The molecule has 0 spiro atoms. The summed E-state index contributed by atoms with van der Waals surface area (Å²) in [6.07, 6.45) is 3.70. The predicted molar refractivity (Wildman–Crippen MR) is 145 cm³/mol. The van der Waals surface area contributed by atoms with E-state index in [1.165, 1.54) is 0 Å². The van der Waals surface area contributed by atoms with Gasteiger partial charge < -0.3 is 23.8 Å². The smallest absolute Gasteiger partial charge is 0.226 e. The number of amides is 1. The van der Waals surface area contributed by atoms with Gasteiger partial charge in [-0.3, -0.25) is 4.79 Å². The highest BCUT2D eigenvalue weighted by Crippen LogP contribution is 2.35. The van der Waals surface area contributed by atoms with E-state index in [0.29, 0.717) is 24.6 Å². The molecule has 1 aromatic heterocycles. The molecule has 0 N–H and O–H groups in total. The standard InChI is InChI=1S/C30H38N2O5/c1-6-20(7-2)30(33)32(19-25-12-9-13-37-25)18-23-14-22-16-27(35-4)28(36-5)17-26(22)31-29(23)21-10-8-11-24(15-21)34-3/h8,10-11,14-17,20,25H,6-7,9,12-13,18-19H2,1-5H3. The van der Waals surface area contributed by atoms with Gasteiger partial charge in [-0.15, -0.1) is 0 Å². The Morgan fingerprint density at radius 1 is 1.05 bits per heavy atom. The number of pyridine rings is 1. The molecular weight excluding hydrogens is 468 g/mol. The number of aromatic nitrogens is 1. The quantitative estimate of drug-likeness (QED) is 0.324. The Morgan fingerprint density at radius 2 is 1.81 bits per heavy atom. The Hall–Kier alpha value is -3.32. The van der Waals surface area contributed by atoms with Crippen molar-refractivity contribution in [3.05, 3.63) is 48.0 Å². The third kappa shape index (κ3) is 5.99. The number of carbonyl (C=O) groups is 1. The maximum Gasteiger partial charge on any atom is 0.226 e. The Morgan fingerprint density at radius 3 is 2.46 bits per heavy atom. The fourth-order valence-corrected chi connectivity index (χ4v) is 5.05. The summed E-state index contributed by atoms with van der Waals surface area (Å²) in [7, 11) is 4.90. The van der Waals surface area contributed by atoms with Gasteiger partial charge in [-0.2, -0.15) is 0 Å². The van der Waals surface area contributed by atoms with E-state index in [1.54, 1.807) is 21.3 Å². The van der Waals surface area contributed by atoms with Crippen LogP contribution in [0.2, 0.25) is 0 Å². The molecular formula is C30H38N2O5. The van der Waals surface area contributed by atoms with Crippen LogP contribution in [-0.2, 0) is 16.1 Å². The Balaban J connectivity index is 1.84. The van der Waals surface area contributed by atoms with Crippen molar-refractivity contribution in [3.63, 3.8) is 0 Å². The van der Waals surface area contributed by atoms with E-state index in [-0.39, 0.29) is 17.9 Å². The normalized spacial score (nSPS) is 15.2. The number of hydrogen-bond acceptors (Lipinski definition) is 6. The Bertz CT molecular complexity index is 1220. The zero-order valence-electron chi connectivity index (χ0n) is 22.6. The molecule has 0 aliphatic carbocycles. The molecule has 4 rings (SSSR count). The van der Waals surface area contributed by atoms with Crippen LogP contribution < -0.4 is 14.2 Å². The SMILES string of the molecule is CCC(CC)C(=O)N(Cc1cc2cc(OC)c(OC)cc2nc1-c1cccc(OC)c1)CC1CCCO1. The minimum absolute atomic E-state index is 0.0144. The first-order chi connectivity index (χ1) is 18.0. The monoisotopic (exact) mass is 506 g/mol. The number of fused-ring (bicyclic) bond motifs is 1. The molecule has 1 atom stereocenters. The van der Waals surface area contributed by atoms with Crippen molar-refractivity contribution in [3.8, 4) is 28.5 Å². The van der Waals surface area contributed by atoms with Crippen LogP contribution in [0.1, 0.15) is 45.1 Å². The fourth-order valence-electron chi connectivity index (χ4n) is 5.05. The van der Waals surface area contributed by atoms with Gasteiger partial charge in [-0.25, -0.2) is 4.98 Å². The second kappa shape index (κ2) is 12.3. The summed E-state index contributed by atoms with van der Waals surface area (Å²) < 4.78 is 22.5. The minimum atomic E-state index is -0.0144. The molecule has 1 aliphatic heterocycles. The average molecular weight is 507 g/mol. The lowest BCUT2D eigenvalue weighted by molar-refractivity contribution is -0.138. The van der Waals surface area contributed by atoms with Crippen molar-refractivity contribution in [1.29, 1.82) is 0 Å². The van der Waals surface area contributed by atoms with Gasteiger partial charge in [0.1, 0.15) is 5.75 Å². The highest BCUT2D eigenvalue weighted by atomic mass is 16.5. The number of hydrogen-bond donors (Lipinski definition) is 0. The van der Waals surface area contributed by atoms with E-state index in [1.807, 2.05) is 41.3 Å². The zero-order chi connectivity index (χ0) is 26.4. The van der Waals surface area contributed by atoms with Crippen LogP contribution in [0, 0.1) is 5.92 Å². The Labute approximate surface area is 219 Å². The predicted octanol–water partition coefficient (Wildman–Crippen LogP) is 5.87. The molecule has 0 radical (unpaired) electrons. The van der Waals surface area contributed by atoms with E-state index in [2.05, 4.69) is 19.9 Å². The molecule has 2 heterocycles. The lowest BCUT2D eigenvalue weighted by Crippen LogP contribution is -2.40. The molecule has 37 heavy (non-hydrogen) atoms. The van der Waals surface area contributed by atoms with E-state index in [0.717, 1.165) is 65.8 Å². The van der Waals surface area contributed by atoms with Crippen LogP contribution in [0.15, 0.2) is 42.5 Å². The number of nitrogens with zero attached hydrogens (tertiary/aromatic N) is 2. The second-order valence-electron chi connectivity index (χ2n) is 9.50. The van der Waals surface area contributed by atoms with Crippen LogP contribution in [0.3, 0.4) is 0 Å². The van der Waals surface area contributed by atoms with Crippen molar-refractivity contribution in [2.75, 3.05) is 34.5 Å². The molecule has 1 unspecified atom stereocenters. The van der Waals surface area contributed by atoms with Crippen molar-refractivity contribution in [2.24, 2.45) is 5.92 Å². The number of carbonyl (C=O) groups excluding carboxylic acids is 1. The molecule has 0 bridgehead atoms. The zero-order valence-corrected chi connectivity index (χ0v) is 22.6. The van der Waals surface area contributed by atoms with Gasteiger partial charge in [-0.1, -0.05) is 26.0 Å². The largest absolute Gasteiger partial charge is 0.497 e. The van der Waals surface area contributed by atoms with E-state index < -0.39 is 0 Å². The maximum atomic E-state index is 13.7. The molecule has 198 valence electrons. The average Bonchev–Trinajstić information content (AvgIpc) is 3.45. The summed E-state index contributed by atoms with van der Waals surface area (Å²) in [6, 6.07) is 13.8. The van der Waals surface area contributed by atoms with Gasteiger partial charge in [0.25, 0.3) is 0 Å². The fraction of sp³-hybridized carbons (Fsp3) is 0.467. The first-order valence-corrected chi connectivity index (χ1v) is 13.1. The number of methoxy groups -OCH3 is 3. The third-order valence-corrected chi connectivity index (χ3v) is 7.20. The molecule has 1 amide bonds. The summed E-state index contributed by atoms with van der Waals surface area (Å²) in [5.41, 5.74) is 3.49. The van der Waals surface area contributed by atoms with E-state index in [9.17, 15) is 4.79 Å².